The Morgan fingerprint density at radius 1 is 1.12 bits per heavy atom. The molecule has 0 aliphatic heterocycles. The lowest BCUT2D eigenvalue weighted by Crippen LogP contribution is -2.31. The van der Waals surface area contributed by atoms with Crippen LogP contribution in [-0.2, 0) is 14.3 Å². The lowest BCUT2D eigenvalue weighted by Gasteiger charge is -2.15. The van der Waals surface area contributed by atoms with Gasteiger partial charge in [0.1, 0.15) is 0 Å². The molecule has 0 saturated carbocycles. The van der Waals surface area contributed by atoms with Gasteiger partial charge in [0, 0.05) is 9.92 Å². The topological polar surface area (TPSA) is 55.4 Å². The van der Waals surface area contributed by atoms with Crippen LogP contribution in [0, 0.1) is 0 Å². The zero-order chi connectivity index (χ0) is 17.4. The van der Waals surface area contributed by atoms with Crippen LogP contribution < -0.4 is 5.32 Å². The number of esters is 1. The maximum absolute atomic E-state index is 11.9. The number of rotatable bonds is 7. The number of benzene rings is 2. The van der Waals surface area contributed by atoms with Crippen LogP contribution in [0.4, 0.5) is 0 Å². The van der Waals surface area contributed by atoms with E-state index in [1.54, 1.807) is 6.07 Å². The third-order valence-electron chi connectivity index (χ3n) is 3.21. The second kappa shape index (κ2) is 9.35. The molecule has 1 atom stereocenters. The first kappa shape index (κ1) is 18.4. The summed E-state index contributed by atoms with van der Waals surface area (Å²) in [6.07, 6.45) is 0. The van der Waals surface area contributed by atoms with Crippen molar-refractivity contribution >= 4 is 35.2 Å². The first-order valence-corrected chi connectivity index (χ1v) is 8.80. The van der Waals surface area contributed by atoms with E-state index >= 15 is 0 Å². The molecule has 0 unspecified atom stereocenters. The standard InChI is InChI=1S/C18H18ClNO3S/c1-13(15-9-5-6-10-16(15)19)20-17(21)11-23-18(22)12-24-14-7-3-2-4-8-14/h2-10,13H,11-12H2,1H3,(H,20,21)/t13-/m0/s1. The van der Waals surface area contributed by atoms with Crippen molar-refractivity contribution in [1.82, 2.24) is 5.32 Å². The summed E-state index contributed by atoms with van der Waals surface area (Å²) in [5.74, 6) is -0.623. The third kappa shape index (κ3) is 5.91. The number of carbonyl (C=O) groups excluding carboxylic acids is 2. The van der Waals surface area contributed by atoms with E-state index < -0.39 is 5.97 Å². The lowest BCUT2D eigenvalue weighted by atomic mass is 10.1. The molecule has 2 aromatic rings. The molecule has 126 valence electrons. The highest BCUT2D eigenvalue weighted by molar-refractivity contribution is 8.00. The molecule has 0 radical (unpaired) electrons. The highest BCUT2D eigenvalue weighted by Crippen LogP contribution is 2.22. The molecule has 0 saturated heterocycles. The molecule has 24 heavy (non-hydrogen) atoms. The fourth-order valence-corrected chi connectivity index (χ4v) is 3.05. The number of carbonyl (C=O) groups is 2. The summed E-state index contributed by atoms with van der Waals surface area (Å²) in [7, 11) is 0. The van der Waals surface area contributed by atoms with Gasteiger partial charge < -0.3 is 10.1 Å². The number of thioether (sulfide) groups is 1. The van der Waals surface area contributed by atoms with Gasteiger partial charge >= 0.3 is 5.97 Å². The van der Waals surface area contributed by atoms with Gasteiger partial charge in [0.25, 0.3) is 5.91 Å². The van der Waals surface area contributed by atoms with Crippen molar-refractivity contribution in [3.8, 4) is 0 Å². The zero-order valence-electron chi connectivity index (χ0n) is 13.2. The van der Waals surface area contributed by atoms with Crippen molar-refractivity contribution in [2.45, 2.75) is 17.9 Å². The molecule has 4 nitrogen and oxygen atoms in total. The second-order valence-electron chi connectivity index (χ2n) is 5.07. The van der Waals surface area contributed by atoms with E-state index in [9.17, 15) is 9.59 Å². The Morgan fingerprint density at radius 2 is 1.79 bits per heavy atom. The summed E-state index contributed by atoms with van der Waals surface area (Å²) in [6.45, 7) is 1.52. The first-order valence-electron chi connectivity index (χ1n) is 7.43. The summed E-state index contributed by atoms with van der Waals surface area (Å²) in [6, 6.07) is 16.6. The normalized spacial score (nSPS) is 11.6. The van der Waals surface area contributed by atoms with Crippen LogP contribution in [0.5, 0.6) is 0 Å². The highest BCUT2D eigenvalue weighted by Gasteiger charge is 2.14. The van der Waals surface area contributed by atoms with Gasteiger partial charge in [0.05, 0.1) is 11.8 Å². The number of hydrogen-bond acceptors (Lipinski definition) is 4. The summed E-state index contributed by atoms with van der Waals surface area (Å²) in [4.78, 5) is 24.5. The molecule has 0 spiro atoms. The van der Waals surface area contributed by atoms with Gasteiger partial charge in [0.15, 0.2) is 6.61 Å². The number of amides is 1. The molecule has 0 bridgehead atoms. The highest BCUT2D eigenvalue weighted by atomic mass is 35.5. The molecule has 0 fully saturated rings. The first-order chi connectivity index (χ1) is 11.6. The van der Waals surface area contributed by atoms with Crippen molar-refractivity contribution in [2.75, 3.05) is 12.4 Å². The molecule has 2 aromatic carbocycles. The molecule has 1 amide bonds. The van der Waals surface area contributed by atoms with Crippen molar-refractivity contribution in [1.29, 1.82) is 0 Å². The monoisotopic (exact) mass is 363 g/mol. The van der Waals surface area contributed by atoms with Gasteiger partial charge in [-0.3, -0.25) is 9.59 Å². The van der Waals surface area contributed by atoms with E-state index in [0.717, 1.165) is 10.5 Å². The van der Waals surface area contributed by atoms with Gasteiger partial charge in [-0.2, -0.15) is 0 Å². The Morgan fingerprint density at radius 3 is 2.50 bits per heavy atom. The van der Waals surface area contributed by atoms with E-state index in [-0.39, 0.29) is 24.3 Å². The summed E-state index contributed by atoms with van der Waals surface area (Å²) in [5, 5.41) is 3.34. The predicted molar refractivity (Wildman–Crippen MR) is 96.1 cm³/mol. The van der Waals surface area contributed by atoms with Crippen molar-refractivity contribution in [2.24, 2.45) is 0 Å². The Kier molecular flexibility index (Phi) is 7.15. The fourth-order valence-electron chi connectivity index (χ4n) is 2.03. The molecule has 0 aromatic heterocycles. The minimum Gasteiger partial charge on any atom is -0.455 e. The molecule has 2 rings (SSSR count). The van der Waals surface area contributed by atoms with E-state index in [1.165, 1.54) is 11.8 Å². The third-order valence-corrected chi connectivity index (χ3v) is 4.54. The van der Waals surface area contributed by atoms with Gasteiger partial charge in [-0.15, -0.1) is 11.8 Å². The number of ether oxygens (including phenoxy) is 1. The number of hydrogen-bond donors (Lipinski definition) is 1. The van der Waals surface area contributed by atoms with Crippen molar-refractivity contribution in [3.63, 3.8) is 0 Å². The summed E-state index contributed by atoms with van der Waals surface area (Å²) < 4.78 is 4.99. The zero-order valence-corrected chi connectivity index (χ0v) is 14.8. The van der Waals surface area contributed by atoms with E-state index in [0.29, 0.717) is 5.02 Å². The average Bonchev–Trinajstić information content (AvgIpc) is 2.59. The molecule has 0 aliphatic carbocycles. The predicted octanol–water partition coefficient (Wildman–Crippen LogP) is 3.85. The minimum atomic E-state index is -0.426. The molecular formula is C18H18ClNO3S. The SMILES string of the molecule is C[C@H](NC(=O)COC(=O)CSc1ccccc1)c1ccccc1Cl. The number of halogens is 1. The van der Waals surface area contributed by atoms with E-state index in [4.69, 9.17) is 16.3 Å². The largest absolute Gasteiger partial charge is 0.455 e. The summed E-state index contributed by atoms with van der Waals surface area (Å²) >= 11 is 7.46. The van der Waals surface area contributed by atoms with Crippen molar-refractivity contribution in [3.05, 3.63) is 65.2 Å². The smallest absolute Gasteiger partial charge is 0.316 e. The van der Waals surface area contributed by atoms with Crippen LogP contribution in [0.25, 0.3) is 0 Å². The second-order valence-corrected chi connectivity index (χ2v) is 6.53. The number of nitrogens with one attached hydrogen (secondary N) is 1. The van der Waals surface area contributed by atoms with E-state index in [1.807, 2.05) is 55.5 Å². The Balaban J connectivity index is 1.72. The van der Waals surface area contributed by atoms with Crippen molar-refractivity contribution < 1.29 is 14.3 Å². The van der Waals surface area contributed by atoms with Gasteiger partial charge in [-0.25, -0.2) is 0 Å². The molecular weight excluding hydrogens is 346 g/mol. The van der Waals surface area contributed by atoms with Crippen LogP contribution in [-0.4, -0.2) is 24.2 Å². The Bertz CT molecular complexity index is 694. The Hall–Kier alpha value is -1.98. The van der Waals surface area contributed by atoms with Crippen LogP contribution in [0.15, 0.2) is 59.5 Å². The lowest BCUT2D eigenvalue weighted by molar-refractivity contribution is -0.146. The molecule has 6 heteroatoms. The Labute approximate surface area is 150 Å². The quantitative estimate of drug-likeness (QED) is 0.599. The average molecular weight is 364 g/mol. The molecule has 0 heterocycles. The van der Waals surface area contributed by atoms with Crippen LogP contribution in [0.2, 0.25) is 5.02 Å². The van der Waals surface area contributed by atoms with Crippen LogP contribution in [0.3, 0.4) is 0 Å². The van der Waals surface area contributed by atoms with Crippen LogP contribution >= 0.6 is 23.4 Å². The van der Waals surface area contributed by atoms with E-state index in [2.05, 4.69) is 5.32 Å². The van der Waals surface area contributed by atoms with Gasteiger partial charge in [-0.05, 0) is 30.7 Å². The summed E-state index contributed by atoms with van der Waals surface area (Å²) in [5.41, 5.74) is 0.818. The maximum Gasteiger partial charge on any atom is 0.316 e. The molecule has 1 N–H and O–H groups in total. The van der Waals surface area contributed by atoms with Crippen LogP contribution in [0.1, 0.15) is 18.5 Å². The molecule has 0 aliphatic rings. The van der Waals surface area contributed by atoms with Gasteiger partial charge in [-0.1, -0.05) is 48.0 Å². The maximum atomic E-state index is 11.9. The van der Waals surface area contributed by atoms with Gasteiger partial charge in [0.2, 0.25) is 0 Å². The fraction of sp³-hybridized carbons (Fsp3) is 0.222. The minimum absolute atomic E-state index is 0.164.